The van der Waals surface area contributed by atoms with Crippen LogP contribution in [0.2, 0.25) is 0 Å². The first-order valence-electron chi connectivity index (χ1n) is 5.19. The van der Waals surface area contributed by atoms with Crippen molar-refractivity contribution in [1.29, 1.82) is 0 Å². The van der Waals surface area contributed by atoms with Crippen molar-refractivity contribution in [1.82, 2.24) is 0 Å². The fourth-order valence-corrected chi connectivity index (χ4v) is 1.53. The van der Waals surface area contributed by atoms with Crippen LogP contribution in [0, 0.1) is 10.1 Å². The van der Waals surface area contributed by atoms with Crippen LogP contribution < -0.4 is 9.47 Å². The summed E-state index contributed by atoms with van der Waals surface area (Å²) in [5.41, 5.74) is 1.41. The smallest absolute Gasteiger partial charge is 0.238 e. The van der Waals surface area contributed by atoms with Gasteiger partial charge in [0, 0.05) is 5.57 Å². The van der Waals surface area contributed by atoms with Gasteiger partial charge in [0.05, 0.1) is 19.1 Å². The summed E-state index contributed by atoms with van der Waals surface area (Å²) >= 11 is 0. The molecule has 1 rings (SSSR count). The molecule has 0 aliphatic heterocycles. The molecule has 5 nitrogen and oxygen atoms in total. The van der Waals surface area contributed by atoms with Crippen molar-refractivity contribution in [2.45, 2.75) is 13.3 Å². The summed E-state index contributed by atoms with van der Waals surface area (Å²) in [6.07, 6.45) is 1.59. The molecule has 0 amide bonds. The molecule has 92 valence electrons. The predicted molar refractivity (Wildman–Crippen MR) is 64.8 cm³/mol. The highest BCUT2D eigenvalue weighted by atomic mass is 16.6. The zero-order valence-electron chi connectivity index (χ0n) is 10.1. The average Bonchev–Trinajstić information content (AvgIpc) is 2.34. The standard InChI is InChI=1S/C12H15NO4/c1-4-9(8-13(14)15)10-5-6-11(16-2)12(7-10)17-3/h5-8H,4H2,1-3H3/b9-8+. The SMILES string of the molecule is CC/C(=C\[N+](=O)[O-])c1ccc(OC)c(OC)c1. The number of hydrogen-bond acceptors (Lipinski definition) is 4. The summed E-state index contributed by atoms with van der Waals surface area (Å²) in [6.45, 7) is 1.87. The quantitative estimate of drug-likeness (QED) is 0.583. The monoisotopic (exact) mass is 237 g/mol. The largest absolute Gasteiger partial charge is 0.493 e. The van der Waals surface area contributed by atoms with Gasteiger partial charge in [0.2, 0.25) is 6.20 Å². The van der Waals surface area contributed by atoms with Gasteiger partial charge in [-0.3, -0.25) is 10.1 Å². The molecule has 0 atom stereocenters. The van der Waals surface area contributed by atoms with Crippen LogP contribution >= 0.6 is 0 Å². The molecule has 1 aromatic carbocycles. The van der Waals surface area contributed by atoms with Gasteiger partial charge in [0.25, 0.3) is 0 Å². The zero-order chi connectivity index (χ0) is 12.8. The molecule has 17 heavy (non-hydrogen) atoms. The molecule has 0 radical (unpaired) electrons. The Hall–Kier alpha value is -2.04. The van der Waals surface area contributed by atoms with Crippen molar-refractivity contribution in [2.24, 2.45) is 0 Å². The first-order chi connectivity index (χ1) is 8.12. The van der Waals surface area contributed by atoms with Crippen LogP contribution in [0.5, 0.6) is 11.5 Å². The van der Waals surface area contributed by atoms with Crippen LogP contribution in [0.3, 0.4) is 0 Å². The highest BCUT2D eigenvalue weighted by Crippen LogP contribution is 2.31. The lowest BCUT2D eigenvalue weighted by Crippen LogP contribution is -1.94. The number of rotatable bonds is 5. The number of allylic oxidation sites excluding steroid dienone is 1. The van der Waals surface area contributed by atoms with Gasteiger partial charge in [0.1, 0.15) is 0 Å². The number of nitrogens with zero attached hydrogens (tertiary/aromatic N) is 1. The van der Waals surface area contributed by atoms with E-state index in [4.69, 9.17) is 9.47 Å². The van der Waals surface area contributed by atoms with E-state index in [0.717, 1.165) is 11.8 Å². The third-order valence-corrected chi connectivity index (χ3v) is 2.40. The molecule has 0 aromatic heterocycles. The fraction of sp³-hybridized carbons (Fsp3) is 0.333. The lowest BCUT2D eigenvalue weighted by atomic mass is 10.0. The maximum atomic E-state index is 10.5. The van der Waals surface area contributed by atoms with Gasteiger partial charge >= 0.3 is 0 Å². The van der Waals surface area contributed by atoms with Gasteiger partial charge < -0.3 is 9.47 Å². The maximum Gasteiger partial charge on any atom is 0.238 e. The fourth-order valence-electron chi connectivity index (χ4n) is 1.53. The first kappa shape index (κ1) is 13.0. The predicted octanol–water partition coefficient (Wildman–Crippen LogP) is 2.73. The van der Waals surface area contributed by atoms with Crippen LogP contribution in [0.4, 0.5) is 0 Å². The molecule has 1 aromatic rings. The molecule has 0 N–H and O–H groups in total. The van der Waals surface area contributed by atoms with Crippen LogP contribution in [-0.4, -0.2) is 19.1 Å². The second-order valence-electron chi connectivity index (χ2n) is 3.36. The Bertz CT molecular complexity index is 440. The van der Waals surface area contributed by atoms with E-state index in [1.165, 1.54) is 7.11 Å². The van der Waals surface area contributed by atoms with Gasteiger partial charge in [0.15, 0.2) is 11.5 Å². The van der Waals surface area contributed by atoms with Crippen LogP contribution in [0.15, 0.2) is 24.4 Å². The van der Waals surface area contributed by atoms with E-state index in [1.54, 1.807) is 25.3 Å². The van der Waals surface area contributed by atoms with Crippen molar-refractivity contribution in [3.8, 4) is 11.5 Å². The summed E-state index contributed by atoms with van der Waals surface area (Å²) in [5.74, 6) is 1.17. The molecule has 0 aliphatic carbocycles. The molecule has 0 unspecified atom stereocenters. The molecule has 0 aliphatic rings. The van der Waals surface area contributed by atoms with E-state index >= 15 is 0 Å². The van der Waals surface area contributed by atoms with Gasteiger partial charge in [-0.25, -0.2) is 0 Å². The summed E-state index contributed by atoms with van der Waals surface area (Å²) in [5, 5.41) is 10.5. The van der Waals surface area contributed by atoms with E-state index in [0.29, 0.717) is 23.5 Å². The molecule has 0 saturated carbocycles. The number of hydrogen-bond donors (Lipinski definition) is 0. The minimum Gasteiger partial charge on any atom is -0.493 e. The second-order valence-corrected chi connectivity index (χ2v) is 3.36. The van der Waals surface area contributed by atoms with Crippen molar-refractivity contribution >= 4 is 5.57 Å². The molecule has 0 bridgehead atoms. The van der Waals surface area contributed by atoms with Gasteiger partial charge in [-0.1, -0.05) is 13.0 Å². The summed E-state index contributed by atoms with van der Waals surface area (Å²) in [6, 6.07) is 5.25. The highest BCUT2D eigenvalue weighted by Gasteiger charge is 2.09. The van der Waals surface area contributed by atoms with E-state index in [9.17, 15) is 10.1 Å². The molecular weight excluding hydrogens is 222 g/mol. The van der Waals surface area contributed by atoms with Gasteiger partial charge in [-0.05, 0) is 24.1 Å². The molecule has 0 spiro atoms. The van der Waals surface area contributed by atoms with E-state index in [-0.39, 0.29) is 0 Å². The highest BCUT2D eigenvalue weighted by molar-refractivity contribution is 5.67. The van der Waals surface area contributed by atoms with Gasteiger partial charge in [-0.2, -0.15) is 0 Å². The normalized spacial score (nSPS) is 11.1. The van der Waals surface area contributed by atoms with Crippen molar-refractivity contribution in [2.75, 3.05) is 14.2 Å². The van der Waals surface area contributed by atoms with E-state index in [2.05, 4.69) is 0 Å². The Morgan fingerprint density at radius 1 is 1.35 bits per heavy atom. The Morgan fingerprint density at radius 2 is 2.00 bits per heavy atom. The third-order valence-electron chi connectivity index (χ3n) is 2.40. The number of nitro groups is 1. The molecule has 5 heteroatoms. The summed E-state index contributed by atoms with van der Waals surface area (Å²) < 4.78 is 10.3. The molecule has 0 heterocycles. The third kappa shape index (κ3) is 3.21. The number of methoxy groups -OCH3 is 2. The zero-order valence-corrected chi connectivity index (χ0v) is 10.1. The first-order valence-corrected chi connectivity index (χ1v) is 5.19. The Kier molecular flexibility index (Phi) is 4.51. The van der Waals surface area contributed by atoms with Gasteiger partial charge in [-0.15, -0.1) is 0 Å². The van der Waals surface area contributed by atoms with Crippen LogP contribution in [-0.2, 0) is 0 Å². The second kappa shape index (κ2) is 5.89. The summed E-state index contributed by atoms with van der Waals surface area (Å²) in [7, 11) is 3.08. The molecule has 0 saturated heterocycles. The minimum atomic E-state index is -0.449. The Labute approximate surface area is 99.8 Å². The van der Waals surface area contributed by atoms with Crippen LogP contribution in [0.25, 0.3) is 5.57 Å². The van der Waals surface area contributed by atoms with Crippen molar-refractivity contribution in [3.63, 3.8) is 0 Å². The lowest BCUT2D eigenvalue weighted by molar-refractivity contribution is -0.401. The minimum absolute atomic E-state index is 0.449. The summed E-state index contributed by atoms with van der Waals surface area (Å²) in [4.78, 5) is 10.0. The number of benzene rings is 1. The van der Waals surface area contributed by atoms with Crippen molar-refractivity contribution < 1.29 is 14.4 Å². The van der Waals surface area contributed by atoms with Crippen LogP contribution in [0.1, 0.15) is 18.9 Å². The average molecular weight is 237 g/mol. The lowest BCUT2D eigenvalue weighted by Gasteiger charge is -2.09. The van der Waals surface area contributed by atoms with E-state index < -0.39 is 4.92 Å². The van der Waals surface area contributed by atoms with E-state index in [1.807, 2.05) is 6.92 Å². The Balaban J connectivity index is 3.18. The Morgan fingerprint density at radius 3 is 2.47 bits per heavy atom. The molecule has 0 fully saturated rings. The van der Waals surface area contributed by atoms with Crippen molar-refractivity contribution in [3.05, 3.63) is 40.1 Å². The molecular formula is C12H15NO4. The number of ether oxygens (including phenoxy) is 2. The topological polar surface area (TPSA) is 61.6 Å². The maximum absolute atomic E-state index is 10.5.